The summed E-state index contributed by atoms with van der Waals surface area (Å²) in [7, 11) is 0. The van der Waals surface area contributed by atoms with Crippen molar-refractivity contribution in [1.82, 2.24) is 15.5 Å². The first kappa shape index (κ1) is 12.6. The molecule has 4 rings (SSSR count). The SMILES string of the molecule is CCCNC(C)c1nnc(NC2C3C4CCC(C4)C23)o1. The summed E-state index contributed by atoms with van der Waals surface area (Å²) in [6.07, 6.45) is 5.46. The molecule has 1 aromatic heterocycles. The number of fused-ring (bicyclic) bond motifs is 5. The lowest BCUT2D eigenvalue weighted by Gasteiger charge is -2.09. The van der Waals surface area contributed by atoms with Gasteiger partial charge in [-0.2, -0.15) is 0 Å². The molecular formula is C15H24N4O. The van der Waals surface area contributed by atoms with E-state index in [0.29, 0.717) is 17.9 Å². The van der Waals surface area contributed by atoms with Crippen LogP contribution in [0.1, 0.15) is 51.5 Å². The largest absolute Gasteiger partial charge is 0.406 e. The third-order valence-corrected chi connectivity index (χ3v) is 5.54. The second-order valence-electron chi connectivity index (χ2n) is 6.78. The Labute approximate surface area is 119 Å². The molecule has 0 radical (unpaired) electrons. The Bertz CT molecular complexity index is 472. The first-order valence-corrected chi connectivity index (χ1v) is 8.11. The van der Waals surface area contributed by atoms with Crippen LogP contribution in [0, 0.1) is 23.7 Å². The molecule has 0 saturated heterocycles. The minimum absolute atomic E-state index is 0.132. The van der Waals surface area contributed by atoms with Crippen molar-refractivity contribution in [2.75, 3.05) is 11.9 Å². The van der Waals surface area contributed by atoms with Crippen LogP contribution in [0.5, 0.6) is 0 Å². The summed E-state index contributed by atoms with van der Waals surface area (Å²) in [5.74, 6) is 4.40. The van der Waals surface area contributed by atoms with Crippen LogP contribution in [0.4, 0.5) is 6.01 Å². The number of aromatic nitrogens is 2. The lowest BCUT2D eigenvalue weighted by atomic mass is 10.0. The first-order valence-electron chi connectivity index (χ1n) is 8.11. The molecule has 3 fully saturated rings. The quantitative estimate of drug-likeness (QED) is 0.836. The van der Waals surface area contributed by atoms with Gasteiger partial charge in [0.2, 0.25) is 5.89 Å². The lowest BCUT2D eigenvalue weighted by molar-refractivity contribution is 0.420. The summed E-state index contributed by atoms with van der Waals surface area (Å²) in [6.45, 7) is 5.20. The number of hydrogen-bond acceptors (Lipinski definition) is 5. The van der Waals surface area contributed by atoms with Crippen molar-refractivity contribution < 1.29 is 4.42 Å². The van der Waals surface area contributed by atoms with Crippen LogP contribution in [0.3, 0.4) is 0 Å². The molecular weight excluding hydrogens is 252 g/mol. The van der Waals surface area contributed by atoms with Crippen molar-refractivity contribution in [1.29, 1.82) is 0 Å². The van der Waals surface area contributed by atoms with Crippen LogP contribution in [0.15, 0.2) is 4.42 Å². The Morgan fingerprint density at radius 3 is 2.70 bits per heavy atom. The second kappa shape index (κ2) is 4.72. The van der Waals surface area contributed by atoms with E-state index in [1.165, 1.54) is 19.3 Å². The maximum Gasteiger partial charge on any atom is 0.315 e. The third kappa shape index (κ3) is 1.94. The molecule has 5 atom stereocenters. The Morgan fingerprint density at radius 1 is 1.25 bits per heavy atom. The van der Waals surface area contributed by atoms with Crippen molar-refractivity contribution in [3.05, 3.63) is 5.89 Å². The van der Waals surface area contributed by atoms with Crippen LogP contribution >= 0.6 is 0 Å². The molecule has 0 aromatic carbocycles. The van der Waals surface area contributed by atoms with Crippen molar-refractivity contribution in [3.8, 4) is 0 Å². The summed E-state index contributed by atoms with van der Waals surface area (Å²) < 4.78 is 5.75. The van der Waals surface area contributed by atoms with Crippen molar-refractivity contribution in [3.63, 3.8) is 0 Å². The number of nitrogens with one attached hydrogen (secondary N) is 2. The standard InChI is InChI=1S/C15H24N4O/c1-3-6-16-8(2)14-18-19-15(20-14)17-13-11-9-4-5-10(7-9)12(11)13/h8-13,16H,3-7H2,1-2H3,(H,17,19). The maximum absolute atomic E-state index is 5.75. The predicted octanol–water partition coefficient (Wildman–Crippen LogP) is 2.59. The molecule has 2 N–H and O–H groups in total. The minimum Gasteiger partial charge on any atom is -0.406 e. The van der Waals surface area contributed by atoms with E-state index in [9.17, 15) is 0 Å². The van der Waals surface area contributed by atoms with E-state index in [0.717, 1.165) is 36.6 Å². The zero-order valence-electron chi connectivity index (χ0n) is 12.3. The zero-order chi connectivity index (χ0) is 13.7. The summed E-state index contributed by atoms with van der Waals surface area (Å²) in [5.41, 5.74) is 0. The van der Waals surface area contributed by atoms with Gasteiger partial charge >= 0.3 is 6.01 Å². The van der Waals surface area contributed by atoms with Gasteiger partial charge in [0.1, 0.15) is 0 Å². The maximum atomic E-state index is 5.75. The van der Waals surface area contributed by atoms with Crippen molar-refractivity contribution >= 4 is 6.01 Å². The van der Waals surface area contributed by atoms with Crippen LogP contribution in [0.25, 0.3) is 0 Å². The third-order valence-electron chi connectivity index (χ3n) is 5.54. The Morgan fingerprint density at radius 2 is 2.00 bits per heavy atom. The van der Waals surface area contributed by atoms with E-state index in [2.05, 4.69) is 34.7 Å². The average Bonchev–Trinajstić information content (AvgIpc) is 2.88. The van der Waals surface area contributed by atoms with Crippen molar-refractivity contribution in [2.45, 2.75) is 51.6 Å². The molecule has 3 saturated carbocycles. The zero-order valence-corrected chi connectivity index (χ0v) is 12.3. The number of anilines is 1. The highest BCUT2D eigenvalue weighted by atomic mass is 16.4. The second-order valence-corrected chi connectivity index (χ2v) is 6.78. The fourth-order valence-electron chi connectivity index (χ4n) is 4.58. The molecule has 1 aromatic rings. The fraction of sp³-hybridized carbons (Fsp3) is 0.867. The van der Waals surface area contributed by atoms with Gasteiger partial charge in [-0.1, -0.05) is 12.0 Å². The summed E-state index contributed by atoms with van der Waals surface area (Å²) in [4.78, 5) is 0. The van der Waals surface area contributed by atoms with Crippen LogP contribution in [0.2, 0.25) is 0 Å². The van der Waals surface area contributed by atoms with Gasteiger partial charge in [0.15, 0.2) is 0 Å². The normalized spacial score (nSPS) is 38.8. The Kier molecular flexibility index (Phi) is 2.98. The van der Waals surface area contributed by atoms with Crippen LogP contribution in [-0.2, 0) is 0 Å². The van der Waals surface area contributed by atoms with Gasteiger partial charge in [0.05, 0.1) is 6.04 Å². The average molecular weight is 276 g/mol. The van der Waals surface area contributed by atoms with Gasteiger partial charge in [-0.3, -0.25) is 0 Å². The fourth-order valence-corrected chi connectivity index (χ4v) is 4.58. The van der Waals surface area contributed by atoms with Crippen molar-refractivity contribution in [2.24, 2.45) is 23.7 Å². The smallest absolute Gasteiger partial charge is 0.315 e. The van der Waals surface area contributed by atoms with Gasteiger partial charge in [0, 0.05) is 6.04 Å². The van der Waals surface area contributed by atoms with E-state index in [1.807, 2.05) is 0 Å². The Hall–Kier alpha value is -1.10. The van der Waals surface area contributed by atoms with Crippen LogP contribution in [-0.4, -0.2) is 22.8 Å². The molecule has 0 amide bonds. The number of rotatable bonds is 6. The highest BCUT2D eigenvalue weighted by molar-refractivity contribution is 5.31. The molecule has 0 aliphatic heterocycles. The number of hydrogen-bond donors (Lipinski definition) is 2. The molecule has 5 heteroatoms. The van der Waals surface area contributed by atoms with Gasteiger partial charge < -0.3 is 15.1 Å². The predicted molar refractivity (Wildman–Crippen MR) is 76.2 cm³/mol. The monoisotopic (exact) mass is 276 g/mol. The minimum atomic E-state index is 0.132. The molecule has 1 heterocycles. The Balaban J connectivity index is 1.35. The highest BCUT2D eigenvalue weighted by Gasteiger charge is 2.65. The van der Waals surface area contributed by atoms with Gasteiger partial charge in [0.25, 0.3) is 0 Å². The summed E-state index contributed by atoms with van der Waals surface area (Å²) in [5, 5.41) is 15.2. The highest BCUT2D eigenvalue weighted by Crippen LogP contribution is 2.66. The molecule has 110 valence electrons. The first-order chi connectivity index (χ1) is 9.78. The number of nitrogens with zero attached hydrogens (tertiary/aromatic N) is 2. The molecule has 5 nitrogen and oxygen atoms in total. The van der Waals surface area contributed by atoms with E-state index < -0.39 is 0 Å². The molecule has 3 aliphatic carbocycles. The molecule has 3 aliphatic rings. The van der Waals surface area contributed by atoms with Gasteiger partial charge in [-0.25, -0.2) is 0 Å². The van der Waals surface area contributed by atoms with E-state index in [-0.39, 0.29) is 6.04 Å². The summed E-state index contributed by atoms with van der Waals surface area (Å²) >= 11 is 0. The topological polar surface area (TPSA) is 63.0 Å². The van der Waals surface area contributed by atoms with E-state index >= 15 is 0 Å². The molecule has 5 unspecified atom stereocenters. The molecule has 2 bridgehead atoms. The molecule has 20 heavy (non-hydrogen) atoms. The van der Waals surface area contributed by atoms with Gasteiger partial charge in [-0.15, -0.1) is 5.10 Å². The molecule has 0 spiro atoms. The van der Waals surface area contributed by atoms with Crippen LogP contribution < -0.4 is 10.6 Å². The summed E-state index contributed by atoms with van der Waals surface area (Å²) in [6, 6.07) is 1.35. The van der Waals surface area contributed by atoms with Gasteiger partial charge in [-0.05, 0) is 62.8 Å². The lowest BCUT2D eigenvalue weighted by Crippen LogP contribution is -2.19. The van der Waals surface area contributed by atoms with E-state index in [4.69, 9.17) is 4.42 Å². The van der Waals surface area contributed by atoms with E-state index in [1.54, 1.807) is 0 Å².